The normalized spacial score (nSPS) is 11.4. The number of nitrogen functional groups attached to an aromatic ring is 1. The molecule has 2 heterocycles. The zero-order valence-corrected chi connectivity index (χ0v) is 17.8. The SMILES string of the molecule is Cc1ccc(NC(=O)CSc2ncc(S(=O)(=O)c3ccc(Cl)s3)c(N)n2)cc1. The third-order valence-electron chi connectivity index (χ3n) is 3.53. The number of carbonyl (C=O) groups is 1. The Morgan fingerprint density at radius 1 is 1.25 bits per heavy atom. The van der Waals surface area contributed by atoms with Gasteiger partial charge >= 0.3 is 0 Å². The molecule has 0 aliphatic rings. The van der Waals surface area contributed by atoms with Crippen molar-refractivity contribution < 1.29 is 13.2 Å². The first kappa shape index (κ1) is 20.6. The lowest BCUT2D eigenvalue weighted by molar-refractivity contribution is -0.113. The van der Waals surface area contributed by atoms with Crippen LogP contribution in [-0.4, -0.2) is 30.0 Å². The molecule has 0 saturated heterocycles. The summed E-state index contributed by atoms with van der Waals surface area (Å²) in [6.07, 6.45) is 1.14. The van der Waals surface area contributed by atoms with Crippen molar-refractivity contribution >= 4 is 61.9 Å². The van der Waals surface area contributed by atoms with E-state index in [-0.39, 0.29) is 31.7 Å². The maximum atomic E-state index is 12.6. The largest absolute Gasteiger partial charge is 0.382 e. The Hall–Kier alpha value is -2.14. The summed E-state index contributed by atoms with van der Waals surface area (Å²) in [6, 6.07) is 10.3. The zero-order chi connectivity index (χ0) is 20.3. The number of carbonyl (C=O) groups excluding carboxylic acids is 1. The molecule has 0 atom stereocenters. The summed E-state index contributed by atoms with van der Waals surface area (Å²) >= 11 is 7.79. The van der Waals surface area contributed by atoms with Crippen LogP contribution in [-0.2, 0) is 14.6 Å². The summed E-state index contributed by atoms with van der Waals surface area (Å²) in [6.45, 7) is 1.96. The number of thioether (sulfide) groups is 1. The van der Waals surface area contributed by atoms with Crippen molar-refractivity contribution in [2.24, 2.45) is 0 Å². The number of nitrogens with one attached hydrogen (secondary N) is 1. The molecular weight excluding hydrogens is 440 g/mol. The number of aryl methyl sites for hydroxylation is 1. The number of sulfone groups is 1. The number of anilines is 2. The number of hydrogen-bond acceptors (Lipinski definition) is 8. The second kappa shape index (κ2) is 8.48. The summed E-state index contributed by atoms with van der Waals surface area (Å²) in [5, 5.41) is 2.97. The zero-order valence-electron chi connectivity index (χ0n) is 14.5. The number of thiophene rings is 1. The first-order valence-corrected chi connectivity index (χ1v) is 11.5. The highest BCUT2D eigenvalue weighted by Crippen LogP contribution is 2.32. The first-order valence-electron chi connectivity index (χ1n) is 7.88. The van der Waals surface area contributed by atoms with Crippen LogP contribution in [0.4, 0.5) is 11.5 Å². The van der Waals surface area contributed by atoms with E-state index in [1.807, 2.05) is 31.2 Å². The van der Waals surface area contributed by atoms with Gasteiger partial charge < -0.3 is 11.1 Å². The number of halogens is 1. The Bertz CT molecular complexity index is 1110. The molecule has 7 nitrogen and oxygen atoms in total. The van der Waals surface area contributed by atoms with Crippen molar-refractivity contribution in [3.05, 3.63) is 52.5 Å². The van der Waals surface area contributed by atoms with Crippen LogP contribution in [0.2, 0.25) is 4.34 Å². The molecule has 11 heteroatoms. The predicted octanol–water partition coefficient (Wildman–Crippen LogP) is 3.65. The van der Waals surface area contributed by atoms with Gasteiger partial charge in [-0.05, 0) is 31.2 Å². The third kappa shape index (κ3) is 4.82. The highest BCUT2D eigenvalue weighted by atomic mass is 35.5. The van der Waals surface area contributed by atoms with Crippen LogP contribution in [0.15, 0.2) is 56.9 Å². The molecule has 0 aliphatic carbocycles. The van der Waals surface area contributed by atoms with Gasteiger partial charge in [-0.1, -0.05) is 41.1 Å². The van der Waals surface area contributed by atoms with Gasteiger partial charge in [0.05, 0.1) is 16.3 Å². The Kier molecular flexibility index (Phi) is 6.23. The molecule has 3 rings (SSSR count). The molecule has 0 saturated carbocycles. The van der Waals surface area contributed by atoms with E-state index in [1.165, 1.54) is 12.1 Å². The van der Waals surface area contributed by atoms with E-state index in [2.05, 4.69) is 15.3 Å². The lowest BCUT2D eigenvalue weighted by Crippen LogP contribution is -2.14. The molecule has 1 amide bonds. The van der Waals surface area contributed by atoms with Crippen molar-refractivity contribution in [2.75, 3.05) is 16.8 Å². The van der Waals surface area contributed by atoms with Crippen LogP contribution >= 0.6 is 34.7 Å². The van der Waals surface area contributed by atoms with Gasteiger partial charge in [0.2, 0.25) is 15.7 Å². The van der Waals surface area contributed by atoms with E-state index < -0.39 is 9.84 Å². The fourth-order valence-corrected chi connectivity index (χ4v) is 5.65. The summed E-state index contributed by atoms with van der Waals surface area (Å²) in [5.41, 5.74) is 7.60. The van der Waals surface area contributed by atoms with E-state index in [0.717, 1.165) is 34.9 Å². The monoisotopic (exact) mass is 454 g/mol. The van der Waals surface area contributed by atoms with E-state index in [1.54, 1.807) is 0 Å². The molecule has 146 valence electrons. The van der Waals surface area contributed by atoms with Crippen LogP contribution in [0.5, 0.6) is 0 Å². The van der Waals surface area contributed by atoms with Crippen LogP contribution in [0.1, 0.15) is 5.56 Å². The highest BCUT2D eigenvalue weighted by Gasteiger charge is 2.24. The molecule has 2 aromatic heterocycles. The molecule has 0 fully saturated rings. The fraction of sp³-hybridized carbons (Fsp3) is 0.118. The third-order valence-corrected chi connectivity index (χ3v) is 7.89. The van der Waals surface area contributed by atoms with Crippen LogP contribution in [0.25, 0.3) is 0 Å². The van der Waals surface area contributed by atoms with Crippen LogP contribution in [0.3, 0.4) is 0 Å². The maximum Gasteiger partial charge on any atom is 0.234 e. The Morgan fingerprint density at radius 2 is 1.96 bits per heavy atom. The summed E-state index contributed by atoms with van der Waals surface area (Å²) in [4.78, 5) is 19.9. The fourth-order valence-electron chi connectivity index (χ4n) is 2.16. The summed E-state index contributed by atoms with van der Waals surface area (Å²) in [7, 11) is -3.85. The Morgan fingerprint density at radius 3 is 2.57 bits per heavy atom. The number of nitrogens with zero attached hydrogens (tertiary/aromatic N) is 2. The van der Waals surface area contributed by atoms with Crippen molar-refractivity contribution in [2.45, 2.75) is 21.2 Å². The summed E-state index contributed by atoms with van der Waals surface area (Å²) in [5.74, 6) is -0.359. The number of amides is 1. The smallest absolute Gasteiger partial charge is 0.234 e. The molecule has 28 heavy (non-hydrogen) atoms. The van der Waals surface area contributed by atoms with Crippen molar-refractivity contribution in [3.8, 4) is 0 Å². The molecule has 0 unspecified atom stereocenters. The van der Waals surface area contributed by atoms with E-state index in [4.69, 9.17) is 17.3 Å². The number of benzene rings is 1. The molecule has 0 spiro atoms. The van der Waals surface area contributed by atoms with E-state index >= 15 is 0 Å². The van der Waals surface area contributed by atoms with Crippen molar-refractivity contribution in [1.29, 1.82) is 0 Å². The second-order valence-electron chi connectivity index (χ2n) is 5.67. The predicted molar refractivity (Wildman–Crippen MR) is 112 cm³/mol. The molecule has 0 radical (unpaired) electrons. The molecule has 0 bridgehead atoms. The highest BCUT2D eigenvalue weighted by molar-refractivity contribution is 7.99. The van der Waals surface area contributed by atoms with Gasteiger partial charge in [-0.25, -0.2) is 18.4 Å². The quantitative estimate of drug-likeness (QED) is 0.431. The van der Waals surface area contributed by atoms with Gasteiger partial charge in [-0.15, -0.1) is 11.3 Å². The molecule has 0 aliphatic heterocycles. The molecule has 1 aromatic carbocycles. The number of nitrogens with two attached hydrogens (primary N) is 1. The topological polar surface area (TPSA) is 115 Å². The van der Waals surface area contributed by atoms with E-state index in [0.29, 0.717) is 10.0 Å². The Labute approximate surface area is 175 Å². The minimum absolute atomic E-state index is 0.0555. The van der Waals surface area contributed by atoms with Gasteiger partial charge in [-0.3, -0.25) is 4.79 Å². The van der Waals surface area contributed by atoms with E-state index in [9.17, 15) is 13.2 Å². The Balaban J connectivity index is 1.67. The number of rotatable bonds is 6. The van der Waals surface area contributed by atoms with Crippen LogP contribution < -0.4 is 11.1 Å². The van der Waals surface area contributed by atoms with Gasteiger partial charge in [0, 0.05) is 5.69 Å². The molecular formula is C17H15ClN4O3S3. The minimum Gasteiger partial charge on any atom is -0.382 e. The minimum atomic E-state index is -3.85. The lowest BCUT2D eigenvalue weighted by atomic mass is 10.2. The molecule has 3 aromatic rings. The summed E-state index contributed by atoms with van der Waals surface area (Å²) < 4.78 is 25.6. The van der Waals surface area contributed by atoms with Gasteiger partial charge in [-0.2, -0.15) is 0 Å². The maximum absolute atomic E-state index is 12.6. The van der Waals surface area contributed by atoms with Gasteiger partial charge in [0.1, 0.15) is 14.9 Å². The lowest BCUT2D eigenvalue weighted by Gasteiger charge is -2.07. The number of aromatic nitrogens is 2. The molecule has 3 N–H and O–H groups in total. The van der Waals surface area contributed by atoms with Gasteiger partial charge in [0.25, 0.3) is 0 Å². The number of hydrogen-bond donors (Lipinski definition) is 2. The second-order valence-corrected chi connectivity index (χ2v) is 10.5. The van der Waals surface area contributed by atoms with Crippen molar-refractivity contribution in [3.63, 3.8) is 0 Å². The van der Waals surface area contributed by atoms with Crippen molar-refractivity contribution in [1.82, 2.24) is 9.97 Å². The van der Waals surface area contributed by atoms with Gasteiger partial charge in [0.15, 0.2) is 5.16 Å². The average Bonchev–Trinajstić information content (AvgIpc) is 3.09. The first-order chi connectivity index (χ1) is 13.3. The average molecular weight is 455 g/mol. The van der Waals surface area contributed by atoms with Crippen LogP contribution in [0, 0.1) is 6.92 Å². The standard InChI is InChI=1S/C17H15ClN4O3S3/c1-10-2-4-11(5-3-10)21-14(23)9-26-17-20-8-12(16(19)22-17)28(24,25)15-7-6-13(18)27-15/h2-8H,9H2,1H3,(H,21,23)(H2,19,20,22).